The van der Waals surface area contributed by atoms with Gasteiger partial charge in [-0.15, -0.1) is 0 Å². The predicted molar refractivity (Wildman–Crippen MR) is 67.8 cm³/mol. The van der Waals surface area contributed by atoms with Crippen LogP contribution in [0.15, 0.2) is 64.8 Å². The summed E-state index contributed by atoms with van der Waals surface area (Å²) in [4.78, 5) is 0. The Bertz CT molecular complexity index is 477. The number of nitrogens with zero attached hydrogens (tertiary/aromatic N) is 2. The zero-order valence-electron chi connectivity index (χ0n) is 9.45. The first-order chi connectivity index (χ1) is 8.38. The van der Waals surface area contributed by atoms with Crippen molar-refractivity contribution in [2.24, 2.45) is 10.2 Å². The van der Waals surface area contributed by atoms with E-state index in [-0.39, 0.29) is 6.61 Å². The van der Waals surface area contributed by atoms with Gasteiger partial charge in [0.15, 0.2) is 0 Å². The van der Waals surface area contributed by atoms with Crippen LogP contribution in [-0.4, -0.2) is 11.7 Å². The number of aliphatic hydroxyl groups excluding tert-OH is 1. The number of benzene rings is 2. The van der Waals surface area contributed by atoms with Crippen LogP contribution in [0.5, 0.6) is 0 Å². The van der Waals surface area contributed by atoms with E-state index < -0.39 is 0 Å². The lowest BCUT2D eigenvalue weighted by molar-refractivity contribution is 0.299. The Balaban J connectivity index is 2.06. The van der Waals surface area contributed by atoms with Crippen LogP contribution in [0.4, 0.5) is 11.4 Å². The molecule has 0 radical (unpaired) electrons. The van der Waals surface area contributed by atoms with Gasteiger partial charge >= 0.3 is 0 Å². The molecule has 0 aliphatic rings. The highest BCUT2D eigenvalue weighted by Crippen LogP contribution is 2.18. The van der Waals surface area contributed by atoms with Crippen molar-refractivity contribution in [3.05, 3.63) is 60.2 Å². The molecule has 0 saturated carbocycles. The Hall–Kier alpha value is -2.00. The molecular formula is C14H14N2O. The summed E-state index contributed by atoms with van der Waals surface area (Å²) in [6, 6.07) is 17.3. The molecule has 0 fully saturated rings. The maximum Gasteiger partial charge on any atom is 0.0857 e. The van der Waals surface area contributed by atoms with Crippen molar-refractivity contribution in [3.8, 4) is 0 Å². The Morgan fingerprint density at radius 3 is 1.94 bits per heavy atom. The maximum absolute atomic E-state index is 8.80. The van der Waals surface area contributed by atoms with Crippen molar-refractivity contribution in [2.45, 2.75) is 6.42 Å². The fourth-order valence-corrected chi connectivity index (χ4v) is 1.47. The van der Waals surface area contributed by atoms with Gasteiger partial charge in [-0.25, -0.2) is 0 Å². The Labute approximate surface area is 100 Å². The van der Waals surface area contributed by atoms with E-state index in [1.807, 2.05) is 54.6 Å². The van der Waals surface area contributed by atoms with Gasteiger partial charge in [-0.1, -0.05) is 30.3 Å². The SMILES string of the molecule is OCCc1ccc(N=Nc2ccccc2)cc1. The third kappa shape index (κ3) is 3.50. The molecule has 0 atom stereocenters. The highest BCUT2D eigenvalue weighted by Gasteiger charge is 1.93. The lowest BCUT2D eigenvalue weighted by atomic mass is 10.1. The van der Waals surface area contributed by atoms with Gasteiger partial charge in [-0.3, -0.25) is 0 Å². The van der Waals surface area contributed by atoms with Crippen molar-refractivity contribution in [3.63, 3.8) is 0 Å². The second kappa shape index (κ2) is 5.92. The molecular weight excluding hydrogens is 212 g/mol. The van der Waals surface area contributed by atoms with E-state index in [0.717, 1.165) is 16.9 Å². The molecule has 0 heterocycles. The van der Waals surface area contributed by atoms with Crippen LogP contribution in [0.2, 0.25) is 0 Å². The smallest absolute Gasteiger partial charge is 0.0857 e. The van der Waals surface area contributed by atoms with Crippen molar-refractivity contribution in [1.82, 2.24) is 0 Å². The lowest BCUT2D eigenvalue weighted by Gasteiger charge is -1.97. The van der Waals surface area contributed by atoms with Gasteiger partial charge in [0, 0.05) is 6.61 Å². The molecule has 0 bridgehead atoms. The minimum Gasteiger partial charge on any atom is -0.396 e. The summed E-state index contributed by atoms with van der Waals surface area (Å²) >= 11 is 0. The maximum atomic E-state index is 8.80. The number of aliphatic hydroxyl groups is 1. The second-order valence-electron chi connectivity index (χ2n) is 3.68. The van der Waals surface area contributed by atoms with Crippen molar-refractivity contribution in [1.29, 1.82) is 0 Å². The van der Waals surface area contributed by atoms with Crippen LogP contribution >= 0.6 is 0 Å². The number of hydrogen-bond donors (Lipinski definition) is 1. The first-order valence-corrected chi connectivity index (χ1v) is 5.55. The molecule has 0 spiro atoms. The zero-order valence-corrected chi connectivity index (χ0v) is 9.45. The summed E-state index contributed by atoms with van der Waals surface area (Å²) in [5, 5.41) is 17.1. The first-order valence-electron chi connectivity index (χ1n) is 5.55. The Kier molecular flexibility index (Phi) is 4.00. The average Bonchev–Trinajstić information content (AvgIpc) is 2.40. The van der Waals surface area contributed by atoms with Crippen LogP contribution in [0.25, 0.3) is 0 Å². The topological polar surface area (TPSA) is 45.0 Å². The second-order valence-corrected chi connectivity index (χ2v) is 3.68. The molecule has 2 rings (SSSR count). The molecule has 1 N–H and O–H groups in total. The van der Waals surface area contributed by atoms with Gasteiger partial charge < -0.3 is 5.11 Å². The standard InChI is InChI=1S/C14H14N2O/c17-11-10-12-6-8-14(9-7-12)16-15-13-4-2-1-3-5-13/h1-9,17H,10-11H2. The highest BCUT2D eigenvalue weighted by atomic mass is 16.2. The van der Waals surface area contributed by atoms with Gasteiger partial charge in [0.1, 0.15) is 0 Å². The normalized spacial score (nSPS) is 10.9. The molecule has 0 aliphatic heterocycles. The number of hydrogen-bond acceptors (Lipinski definition) is 3. The first kappa shape index (κ1) is 11.5. The number of azo groups is 1. The molecule has 86 valence electrons. The van der Waals surface area contributed by atoms with Crippen molar-refractivity contribution < 1.29 is 5.11 Å². The van der Waals surface area contributed by atoms with Gasteiger partial charge in [-0.05, 0) is 36.2 Å². The van der Waals surface area contributed by atoms with Gasteiger partial charge in [-0.2, -0.15) is 10.2 Å². The largest absolute Gasteiger partial charge is 0.396 e. The van der Waals surface area contributed by atoms with E-state index in [9.17, 15) is 0 Å². The summed E-state index contributed by atoms with van der Waals surface area (Å²) in [7, 11) is 0. The fourth-order valence-electron chi connectivity index (χ4n) is 1.47. The van der Waals surface area contributed by atoms with E-state index in [1.165, 1.54) is 0 Å². The van der Waals surface area contributed by atoms with Crippen LogP contribution < -0.4 is 0 Å². The van der Waals surface area contributed by atoms with Crippen molar-refractivity contribution in [2.75, 3.05) is 6.61 Å². The van der Waals surface area contributed by atoms with Gasteiger partial charge in [0.25, 0.3) is 0 Å². The van der Waals surface area contributed by atoms with Crippen LogP contribution in [0, 0.1) is 0 Å². The molecule has 0 amide bonds. The quantitative estimate of drug-likeness (QED) is 0.795. The summed E-state index contributed by atoms with van der Waals surface area (Å²) in [5.74, 6) is 0. The third-order valence-corrected chi connectivity index (χ3v) is 2.37. The number of rotatable bonds is 4. The predicted octanol–water partition coefficient (Wildman–Crippen LogP) is 3.64. The van der Waals surface area contributed by atoms with E-state index in [1.54, 1.807) is 0 Å². The van der Waals surface area contributed by atoms with E-state index in [4.69, 9.17) is 5.11 Å². The molecule has 0 aliphatic carbocycles. The highest BCUT2D eigenvalue weighted by molar-refractivity contribution is 5.40. The van der Waals surface area contributed by atoms with E-state index >= 15 is 0 Å². The lowest BCUT2D eigenvalue weighted by Crippen LogP contribution is -1.88. The molecule has 17 heavy (non-hydrogen) atoms. The molecule has 0 unspecified atom stereocenters. The van der Waals surface area contributed by atoms with E-state index in [0.29, 0.717) is 6.42 Å². The third-order valence-electron chi connectivity index (χ3n) is 2.37. The molecule has 2 aromatic rings. The summed E-state index contributed by atoms with van der Waals surface area (Å²) in [6.45, 7) is 0.172. The monoisotopic (exact) mass is 226 g/mol. The Morgan fingerprint density at radius 1 is 0.765 bits per heavy atom. The van der Waals surface area contributed by atoms with Crippen LogP contribution in [-0.2, 0) is 6.42 Å². The summed E-state index contributed by atoms with van der Waals surface area (Å²) in [6.07, 6.45) is 0.677. The molecule has 3 nitrogen and oxygen atoms in total. The van der Waals surface area contributed by atoms with Crippen LogP contribution in [0.1, 0.15) is 5.56 Å². The van der Waals surface area contributed by atoms with Crippen LogP contribution in [0.3, 0.4) is 0 Å². The molecule has 0 aromatic heterocycles. The summed E-state index contributed by atoms with van der Waals surface area (Å²) < 4.78 is 0. The van der Waals surface area contributed by atoms with Gasteiger partial charge in [0.2, 0.25) is 0 Å². The zero-order chi connectivity index (χ0) is 11.9. The minimum atomic E-state index is 0.172. The molecule has 3 heteroatoms. The van der Waals surface area contributed by atoms with Crippen molar-refractivity contribution >= 4 is 11.4 Å². The fraction of sp³-hybridized carbons (Fsp3) is 0.143. The minimum absolute atomic E-state index is 0.172. The summed E-state index contributed by atoms with van der Waals surface area (Å²) in [5.41, 5.74) is 2.76. The Morgan fingerprint density at radius 2 is 1.35 bits per heavy atom. The van der Waals surface area contributed by atoms with E-state index in [2.05, 4.69) is 10.2 Å². The molecule has 2 aromatic carbocycles. The van der Waals surface area contributed by atoms with Gasteiger partial charge in [0.05, 0.1) is 11.4 Å². The average molecular weight is 226 g/mol. The molecule has 0 saturated heterocycles.